The van der Waals surface area contributed by atoms with Gasteiger partial charge in [0.2, 0.25) is 0 Å². The van der Waals surface area contributed by atoms with Crippen LogP contribution in [-0.2, 0) is 6.54 Å². The Labute approximate surface area is 162 Å². The number of carbonyl (C=O) groups excluding carboxylic acids is 1. The quantitative estimate of drug-likeness (QED) is 0.620. The normalized spacial score (nSPS) is 11.5. The molecule has 2 aromatic heterocycles. The van der Waals surface area contributed by atoms with Crippen LogP contribution in [-0.4, -0.2) is 52.8 Å². The number of fused-ring (bicyclic) bond motifs is 1. The minimum absolute atomic E-state index is 0.157. The summed E-state index contributed by atoms with van der Waals surface area (Å²) in [5, 5.41) is 4.89. The number of hydrogen-bond donors (Lipinski definition) is 0. The van der Waals surface area contributed by atoms with Gasteiger partial charge >= 0.3 is 0 Å². The number of halogens is 1. The van der Waals surface area contributed by atoms with Gasteiger partial charge in [0, 0.05) is 13.1 Å². The van der Waals surface area contributed by atoms with Crippen LogP contribution in [0.1, 0.15) is 29.5 Å². The van der Waals surface area contributed by atoms with Crippen LogP contribution in [0.5, 0.6) is 0 Å². The highest BCUT2D eigenvalue weighted by Crippen LogP contribution is 2.31. The van der Waals surface area contributed by atoms with Crippen molar-refractivity contribution in [3.63, 3.8) is 0 Å². The van der Waals surface area contributed by atoms with Crippen LogP contribution in [0.4, 0.5) is 9.52 Å². The Bertz CT molecular complexity index is 949. The molecule has 0 aliphatic rings. The van der Waals surface area contributed by atoms with E-state index in [1.165, 1.54) is 17.4 Å². The molecule has 0 saturated heterocycles. The molecule has 0 atom stereocenters. The van der Waals surface area contributed by atoms with Crippen LogP contribution in [0.2, 0.25) is 0 Å². The van der Waals surface area contributed by atoms with Crippen LogP contribution >= 0.6 is 11.3 Å². The van der Waals surface area contributed by atoms with Gasteiger partial charge in [-0.3, -0.25) is 14.4 Å². The number of carbonyl (C=O) groups is 1. The first-order valence-electron chi connectivity index (χ1n) is 8.96. The Morgan fingerprint density at radius 1 is 1.30 bits per heavy atom. The molecule has 3 aromatic rings. The van der Waals surface area contributed by atoms with Gasteiger partial charge < -0.3 is 4.90 Å². The molecule has 0 aliphatic heterocycles. The largest absolute Gasteiger partial charge is 0.309 e. The third kappa shape index (κ3) is 4.17. The van der Waals surface area contributed by atoms with Gasteiger partial charge in [-0.05, 0) is 59.1 Å². The lowest BCUT2D eigenvalue weighted by molar-refractivity contribution is 0.0975. The predicted molar refractivity (Wildman–Crippen MR) is 107 cm³/mol. The minimum Gasteiger partial charge on any atom is -0.309 e. The molecule has 2 heterocycles. The van der Waals surface area contributed by atoms with Crippen LogP contribution in [0, 0.1) is 12.7 Å². The van der Waals surface area contributed by atoms with Crippen LogP contribution < -0.4 is 4.90 Å². The summed E-state index contributed by atoms with van der Waals surface area (Å²) in [6.45, 7) is 5.77. The van der Waals surface area contributed by atoms with Crippen molar-refractivity contribution in [2.24, 2.45) is 0 Å². The van der Waals surface area contributed by atoms with E-state index in [-0.39, 0.29) is 11.7 Å². The van der Waals surface area contributed by atoms with Crippen LogP contribution in [0.15, 0.2) is 24.3 Å². The van der Waals surface area contributed by atoms with Crippen molar-refractivity contribution in [2.75, 3.05) is 32.1 Å². The molecule has 27 heavy (non-hydrogen) atoms. The van der Waals surface area contributed by atoms with Crippen molar-refractivity contribution >= 4 is 32.6 Å². The number of hydrogen-bond acceptors (Lipinski definition) is 5. The van der Waals surface area contributed by atoms with Gasteiger partial charge in [0.15, 0.2) is 5.13 Å². The highest BCUT2D eigenvalue weighted by Gasteiger charge is 2.25. The zero-order valence-electron chi connectivity index (χ0n) is 16.1. The number of benzene rings is 1. The average Bonchev–Trinajstić information content (AvgIpc) is 3.22. The maximum atomic E-state index is 14.1. The van der Waals surface area contributed by atoms with E-state index in [1.54, 1.807) is 21.7 Å². The molecule has 0 spiro atoms. The fraction of sp³-hybridized carbons (Fsp3) is 0.421. The summed E-state index contributed by atoms with van der Waals surface area (Å²) >= 11 is 1.33. The summed E-state index contributed by atoms with van der Waals surface area (Å²) in [6, 6.07) is 6.66. The number of anilines is 1. The Balaban J connectivity index is 1.98. The van der Waals surface area contributed by atoms with Crippen molar-refractivity contribution in [1.82, 2.24) is 19.7 Å². The first kappa shape index (κ1) is 19.4. The standard InChI is InChI=1S/C19H24FN5OS/c1-5-25-15(12-13(2)22-25)18(26)24(11-7-10-23(3)4)19-21-17-14(20)8-6-9-16(17)27-19/h6,8-9,12H,5,7,10-11H2,1-4H3. The number of aryl methyl sites for hydroxylation is 2. The highest BCUT2D eigenvalue weighted by atomic mass is 32.1. The summed E-state index contributed by atoms with van der Waals surface area (Å²) in [7, 11) is 3.99. The third-order valence-electron chi connectivity index (χ3n) is 4.24. The zero-order chi connectivity index (χ0) is 19.6. The van der Waals surface area contributed by atoms with Gasteiger partial charge in [0.25, 0.3) is 5.91 Å². The summed E-state index contributed by atoms with van der Waals surface area (Å²) in [5.41, 5.74) is 1.63. The molecule has 0 bridgehead atoms. The first-order chi connectivity index (χ1) is 12.9. The van der Waals surface area contributed by atoms with E-state index in [0.717, 1.165) is 23.4 Å². The van der Waals surface area contributed by atoms with Crippen molar-refractivity contribution in [1.29, 1.82) is 0 Å². The molecular formula is C19H24FN5OS. The second-order valence-corrected chi connectivity index (χ2v) is 7.69. The van der Waals surface area contributed by atoms with Gasteiger partial charge in [-0.15, -0.1) is 0 Å². The highest BCUT2D eigenvalue weighted by molar-refractivity contribution is 7.22. The van der Waals surface area contributed by atoms with E-state index in [2.05, 4.69) is 15.0 Å². The van der Waals surface area contributed by atoms with E-state index in [4.69, 9.17) is 0 Å². The summed E-state index contributed by atoms with van der Waals surface area (Å²) in [6.07, 6.45) is 0.788. The van der Waals surface area contributed by atoms with Crippen LogP contribution in [0.25, 0.3) is 10.2 Å². The SMILES string of the molecule is CCn1nc(C)cc1C(=O)N(CCCN(C)C)c1nc2c(F)cccc2s1. The molecule has 0 fully saturated rings. The second kappa shape index (κ2) is 8.14. The Morgan fingerprint density at radius 2 is 2.07 bits per heavy atom. The molecule has 0 unspecified atom stereocenters. The van der Waals surface area contributed by atoms with Crippen molar-refractivity contribution < 1.29 is 9.18 Å². The molecule has 0 N–H and O–H groups in total. The van der Waals surface area contributed by atoms with Gasteiger partial charge in [0.05, 0.1) is 10.4 Å². The molecule has 6 nitrogen and oxygen atoms in total. The van der Waals surface area contributed by atoms with Gasteiger partial charge in [-0.25, -0.2) is 9.37 Å². The fourth-order valence-corrected chi connectivity index (χ4v) is 3.95. The topological polar surface area (TPSA) is 54.3 Å². The molecule has 0 aliphatic carbocycles. The number of thiazole rings is 1. The van der Waals surface area contributed by atoms with Crippen molar-refractivity contribution in [2.45, 2.75) is 26.8 Å². The predicted octanol–water partition coefficient (Wildman–Crippen LogP) is 3.56. The first-order valence-corrected chi connectivity index (χ1v) is 9.78. The number of nitrogens with zero attached hydrogens (tertiary/aromatic N) is 5. The molecule has 1 amide bonds. The molecule has 0 saturated carbocycles. The Kier molecular flexibility index (Phi) is 5.86. The van der Waals surface area contributed by atoms with E-state index < -0.39 is 0 Å². The monoisotopic (exact) mass is 389 g/mol. The fourth-order valence-electron chi connectivity index (χ4n) is 2.94. The average molecular weight is 390 g/mol. The van der Waals surface area contributed by atoms with E-state index >= 15 is 0 Å². The number of rotatable bonds is 7. The maximum absolute atomic E-state index is 14.1. The lowest BCUT2D eigenvalue weighted by Gasteiger charge is -2.21. The molecule has 144 valence electrons. The maximum Gasteiger partial charge on any atom is 0.278 e. The lowest BCUT2D eigenvalue weighted by Crippen LogP contribution is -2.34. The minimum atomic E-state index is -0.370. The van der Waals surface area contributed by atoms with Gasteiger partial charge in [0.1, 0.15) is 17.0 Å². The molecule has 1 aromatic carbocycles. The van der Waals surface area contributed by atoms with Crippen molar-refractivity contribution in [3.8, 4) is 0 Å². The van der Waals surface area contributed by atoms with Gasteiger partial charge in [-0.2, -0.15) is 5.10 Å². The van der Waals surface area contributed by atoms with E-state index in [1.807, 2.05) is 34.0 Å². The molecule has 0 radical (unpaired) electrons. The van der Waals surface area contributed by atoms with Crippen LogP contribution in [0.3, 0.4) is 0 Å². The van der Waals surface area contributed by atoms with E-state index in [9.17, 15) is 9.18 Å². The number of aromatic nitrogens is 3. The zero-order valence-corrected chi connectivity index (χ0v) is 16.9. The third-order valence-corrected chi connectivity index (χ3v) is 5.29. The van der Waals surface area contributed by atoms with E-state index in [0.29, 0.717) is 29.4 Å². The number of amides is 1. The molecule has 8 heteroatoms. The second-order valence-electron chi connectivity index (χ2n) is 6.68. The Hall–Kier alpha value is -2.32. The smallest absolute Gasteiger partial charge is 0.278 e. The summed E-state index contributed by atoms with van der Waals surface area (Å²) in [5.74, 6) is -0.527. The molecule has 3 rings (SSSR count). The lowest BCUT2D eigenvalue weighted by atomic mass is 10.3. The molecular weight excluding hydrogens is 365 g/mol. The number of para-hydroxylation sites is 1. The summed E-state index contributed by atoms with van der Waals surface area (Å²) < 4.78 is 16.5. The summed E-state index contributed by atoms with van der Waals surface area (Å²) in [4.78, 5) is 21.4. The van der Waals surface area contributed by atoms with Gasteiger partial charge in [-0.1, -0.05) is 17.4 Å². The Morgan fingerprint density at radius 3 is 2.74 bits per heavy atom. The van der Waals surface area contributed by atoms with Crippen molar-refractivity contribution in [3.05, 3.63) is 41.5 Å².